The van der Waals surface area contributed by atoms with E-state index in [1.807, 2.05) is 19.1 Å². The number of thiazole rings is 1. The third-order valence-electron chi connectivity index (χ3n) is 6.59. The molecule has 166 valence electrons. The number of alkyl halides is 3. The van der Waals surface area contributed by atoms with Crippen LogP contribution in [-0.4, -0.2) is 41.3 Å². The molecule has 4 heterocycles. The number of nitrogens with one attached hydrogen (secondary N) is 1. The topological polar surface area (TPSA) is 61.4 Å². The molecule has 2 aliphatic heterocycles. The predicted molar refractivity (Wildman–Crippen MR) is 114 cm³/mol. The lowest BCUT2D eigenvalue weighted by Crippen LogP contribution is -2.43. The first-order valence-electron chi connectivity index (χ1n) is 10.7. The fraction of sp³-hybridized carbons (Fsp3) is 0.571. The number of rotatable bonds is 2. The molecule has 3 aliphatic rings. The van der Waals surface area contributed by atoms with Gasteiger partial charge < -0.3 is 4.90 Å². The zero-order valence-electron chi connectivity index (χ0n) is 17.2. The molecule has 2 amide bonds. The van der Waals surface area contributed by atoms with E-state index < -0.39 is 12.1 Å². The first-order chi connectivity index (χ1) is 14.8. The van der Waals surface area contributed by atoms with Crippen molar-refractivity contribution in [1.29, 1.82) is 0 Å². The van der Waals surface area contributed by atoms with Crippen molar-refractivity contribution >= 4 is 34.1 Å². The number of pyridine rings is 1. The summed E-state index contributed by atoms with van der Waals surface area (Å²) in [5, 5.41) is 3.41. The number of piperidine rings is 1. The molecule has 6 nitrogen and oxygen atoms in total. The van der Waals surface area contributed by atoms with Gasteiger partial charge in [0.2, 0.25) is 0 Å². The maximum Gasteiger partial charge on any atom is 0.393 e. The predicted octanol–water partition coefficient (Wildman–Crippen LogP) is 5.31. The second-order valence-corrected chi connectivity index (χ2v) is 9.82. The van der Waals surface area contributed by atoms with Crippen LogP contribution in [0.25, 0.3) is 0 Å². The van der Waals surface area contributed by atoms with E-state index in [2.05, 4.69) is 10.3 Å². The molecule has 5 rings (SSSR count). The Morgan fingerprint density at radius 1 is 1.23 bits per heavy atom. The van der Waals surface area contributed by atoms with Gasteiger partial charge in [-0.05, 0) is 38.7 Å². The number of carbonyl (C=O) groups excluding carboxylic acids is 1. The van der Waals surface area contributed by atoms with Crippen LogP contribution in [0.2, 0.25) is 0 Å². The molecule has 1 saturated carbocycles. The highest BCUT2D eigenvalue weighted by Gasteiger charge is 2.46. The molecular formula is C21H24F3N5OS. The number of urea groups is 1. The monoisotopic (exact) mass is 451 g/mol. The molecule has 1 aliphatic carbocycles. The van der Waals surface area contributed by atoms with Gasteiger partial charge >= 0.3 is 12.2 Å². The minimum atomic E-state index is -4.20. The molecule has 0 bridgehead atoms. The Morgan fingerprint density at radius 3 is 2.81 bits per heavy atom. The maximum atomic E-state index is 13.3. The Labute approximate surface area is 182 Å². The van der Waals surface area contributed by atoms with Gasteiger partial charge in [0.1, 0.15) is 11.6 Å². The van der Waals surface area contributed by atoms with Crippen LogP contribution in [0.3, 0.4) is 0 Å². The smallest absolute Gasteiger partial charge is 0.356 e. The average molecular weight is 452 g/mol. The van der Waals surface area contributed by atoms with Crippen LogP contribution < -0.4 is 15.1 Å². The quantitative estimate of drug-likeness (QED) is 0.672. The minimum absolute atomic E-state index is 0.0306. The molecule has 3 atom stereocenters. The lowest BCUT2D eigenvalue weighted by Gasteiger charge is -2.35. The van der Waals surface area contributed by atoms with Gasteiger partial charge in [-0.25, -0.2) is 14.8 Å². The number of hydrogen-bond acceptors (Lipinski definition) is 5. The molecular weight excluding hydrogens is 427 g/mol. The molecule has 2 fully saturated rings. The van der Waals surface area contributed by atoms with E-state index in [9.17, 15) is 18.0 Å². The van der Waals surface area contributed by atoms with Crippen LogP contribution in [0.4, 0.5) is 34.7 Å². The van der Waals surface area contributed by atoms with E-state index >= 15 is 0 Å². The van der Waals surface area contributed by atoms with Crippen molar-refractivity contribution < 1.29 is 18.0 Å². The summed E-state index contributed by atoms with van der Waals surface area (Å²) < 4.78 is 39.8. The van der Waals surface area contributed by atoms with Crippen molar-refractivity contribution in [2.24, 2.45) is 5.92 Å². The third-order valence-corrected chi connectivity index (χ3v) is 7.42. The molecule has 10 heteroatoms. The molecule has 1 saturated heterocycles. The van der Waals surface area contributed by atoms with Crippen molar-refractivity contribution in [2.75, 3.05) is 28.2 Å². The summed E-state index contributed by atoms with van der Waals surface area (Å²) in [5.41, 5.74) is 1.01. The van der Waals surface area contributed by atoms with E-state index in [0.717, 1.165) is 29.7 Å². The Kier molecular flexibility index (Phi) is 5.07. The summed E-state index contributed by atoms with van der Waals surface area (Å²) >= 11 is 1.40. The van der Waals surface area contributed by atoms with Crippen molar-refractivity contribution in [3.05, 3.63) is 28.8 Å². The first-order valence-corrected chi connectivity index (χ1v) is 11.5. The molecule has 31 heavy (non-hydrogen) atoms. The number of aromatic nitrogens is 2. The number of halogens is 3. The summed E-state index contributed by atoms with van der Waals surface area (Å²) in [5.74, 6) is -0.0319. The van der Waals surface area contributed by atoms with E-state index in [1.165, 1.54) is 11.3 Å². The van der Waals surface area contributed by atoms with Gasteiger partial charge in [-0.2, -0.15) is 13.2 Å². The van der Waals surface area contributed by atoms with E-state index in [1.54, 1.807) is 16.0 Å². The molecule has 1 N–H and O–H groups in total. The van der Waals surface area contributed by atoms with Crippen LogP contribution in [0.5, 0.6) is 0 Å². The fourth-order valence-electron chi connectivity index (χ4n) is 5.14. The normalized spacial score (nSPS) is 25.5. The molecule has 3 unspecified atom stereocenters. The highest BCUT2D eigenvalue weighted by molar-refractivity contribution is 7.15. The van der Waals surface area contributed by atoms with Crippen LogP contribution in [0.15, 0.2) is 18.3 Å². The molecule has 0 radical (unpaired) electrons. The van der Waals surface area contributed by atoms with Gasteiger partial charge in [0.05, 0.1) is 5.92 Å². The van der Waals surface area contributed by atoms with Crippen LogP contribution in [0, 0.1) is 12.8 Å². The summed E-state index contributed by atoms with van der Waals surface area (Å²) in [4.78, 5) is 26.5. The van der Waals surface area contributed by atoms with Gasteiger partial charge in [-0.15, -0.1) is 11.3 Å². The highest BCUT2D eigenvalue weighted by Crippen LogP contribution is 2.49. The number of fused-ring (bicyclic) bond motifs is 3. The standard InChI is InChI=1S/C21H24F3N5OS/c1-12-10-25-19(31-12)27-20(30)29-16-6-2-5-14(16)15-7-8-17(26-18(15)29)28-9-3-4-13(11-28)21(22,23)24/h7-8,10,13-14,16H,2-6,9,11H2,1H3,(H,25,27,30). The fourth-order valence-corrected chi connectivity index (χ4v) is 5.79. The Balaban J connectivity index is 1.44. The average Bonchev–Trinajstić information content (AvgIpc) is 3.42. The van der Waals surface area contributed by atoms with E-state index in [-0.39, 0.29) is 31.0 Å². The maximum absolute atomic E-state index is 13.3. The third kappa shape index (κ3) is 3.75. The lowest BCUT2D eigenvalue weighted by atomic mass is 9.97. The lowest BCUT2D eigenvalue weighted by molar-refractivity contribution is -0.176. The summed E-state index contributed by atoms with van der Waals surface area (Å²) in [6, 6.07) is 3.53. The van der Waals surface area contributed by atoms with Crippen LogP contribution in [0.1, 0.15) is 48.5 Å². The molecule has 0 aromatic carbocycles. The summed E-state index contributed by atoms with van der Waals surface area (Å²) in [6.07, 6.45) is 1.04. The van der Waals surface area contributed by atoms with Gasteiger partial charge in [0.25, 0.3) is 0 Å². The van der Waals surface area contributed by atoms with Crippen molar-refractivity contribution in [1.82, 2.24) is 9.97 Å². The Morgan fingerprint density at radius 2 is 2.06 bits per heavy atom. The number of hydrogen-bond donors (Lipinski definition) is 1. The van der Waals surface area contributed by atoms with Crippen molar-refractivity contribution in [2.45, 2.75) is 57.2 Å². The van der Waals surface area contributed by atoms with E-state index in [0.29, 0.717) is 29.7 Å². The largest absolute Gasteiger partial charge is 0.393 e. The zero-order valence-corrected chi connectivity index (χ0v) is 18.0. The zero-order chi connectivity index (χ0) is 21.8. The second-order valence-electron chi connectivity index (χ2n) is 8.59. The van der Waals surface area contributed by atoms with Gasteiger partial charge in [-0.3, -0.25) is 10.2 Å². The number of nitrogens with zero attached hydrogens (tertiary/aromatic N) is 4. The van der Waals surface area contributed by atoms with Crippen LogP contribution in [-0.2, 0) is 0 Å². The Hall–Kier alpha value is -2.36. The number of amides is 2. The van der Waals surface area contributed by atoms with Crippen LogP contribution >= 0.6 is 11.3 Å². The number of aryl methyl sites for hydroxylation is 1. The molecule has 2 aromatic rings. The first kappa shape index (κ1) is 20.5. The number of carbonyl (C=O) groups is 1. The van der Waals surface area contributed by atoms with E-state index in [4.69, 9.17) is 4.98 Å². The van der Waals surface area contributed by atoms with Gasteiger partial charge in [0, 0.05) is 41.7 Å². The number of anilines is 3. The SMILES string of the molecule is Cc1cnc(NC(=O)N2c3nc(N4CCCC(C(F)(F)F)C4)ccc3C3CCCC32)s1. The minimum Gasteiger partial charge on any atom is -0.356 e. The van der Waals surface area contributed by atoms with Gasteiger partial charge in [0.15, 0.2) is 5.13 Å². The van der Waals surface area contributed by atoms with Crippen molar-refractivity contribution in [3.63, 3.8) is 0 Å². The highest BCUT2D eigenvalue weighted by atomic mass is 32.1. The second kappa shape index (κ2) is 7.65. The molecule has 2 aromatic heterocycles. The Bertz CT molecular complexity index is 994. The molecule has 0 spiro atoms. The summed E-state index contributed by atoms with van der Waals surface area (Å²) in [6.45, 7) is 2.37. The van der Waals surface area contributed by atoms with Crippen molar-refractivity contribution in [3.8, 4) is 0 Å². The summed E-state index contributed by atoms with van der Waals surface area (Å²) in [7, 11) is 0. The van der Waals surface area contributed by atoms with Gasteiger partial charge in [-0.1, -0.05) is 12.5 Å².